The fourth-order valence-electron chi connectivity index (χ4n) is 2.22. The highest BCUT2D eigenvalue weighted by Gasteiger charge is 2.11. The molecule has 1 aromatic carbocycles. The van der Waals surface area contributed by atoms with Crippen molar-refractivity contribution in [2.75, 3.05) is 32.7 Å². The Hall–Kier alpha value is -1.39. The van der Waals surface area contributed by atoms with Crippen LogP contribution in [0.25, 0.3) is 11.1 Å². The Morgan fingerprint density at radius 2 is 2.06 bits per heavy atom. The van der Waals surface area contributed by atoms with Crippen molar-refractivity contribution in [1.29, 1.82) is 0 Å². The summed E-state index contributed by atoms with van der Waals surface area (Å²) in [6.07, 6.45) is 0.898. The van der Waals surface area contributed by atoms with Gasteiger partial charge >= 0.3 is 0 Å². The maximum absolute atomic E-state index is 5.71. The monoisotopic (exact) mass is 231 g/mol. The molecule has 1 saturated heterocycles. The zero-order chi connectivity index (χ0) is 11.5. The molecule has 1 aliphatic rings. The predicted octanol–water partition coefficient (Wildman–Crippen LogP) is 1.28. The number of rotatable bonds is 3. The molecule has 17 heavy (non-hydrogen) atoms. The van der Waals surface area contributed by atoms with Gasteiger partial charge in [0.15, 0.2) is 11.5 Å². The van der Waals surface area contributed by atoms with Gasteiger partial charge in [-0.3, -0.25) is 0 Å². The molecule has 90 valence electrons. The third-order valence-corrected chi connectivity index (χ3v) is 3.19. The lowest BCUT2D eigenvalue weighted by Gasteiger charge is -2.26. The molecule has 4 nitrogen and oxygen atoms in total. The van der Waals surface area contributed by atoms with Crippen LogP contribution < -0.4 is 5.32 Å². The molecule has 0 bridgehead atoms. The van der Waals surface area contributed by atoms with E-state index in [9.17, 15) is 0 Å². The van der Waals surface area contributed by atoms with Crippen molar-refractivity contribution in [3.8, 4) is 0 Å². The number of piperazine rings is 1. The SMILES string of the molecule is c1ccc2oc(CCN3CCNCC3)nc2c1. The van der Waals surface area contributed by atoms with Crippen molar-refractivity contribution in [3.63, 3.8) is 0 Å². The Bertz CT molecular complexity index is 455. The average Bonchev–Trinajstić information content (AvgIpc) is 2.80. The van der Waals surface area contributed by atoms with Crippen LogP contribution in [0.1, 0.15) is 5.89 Å². The number of hydrogen-bond donors (Lipinski definition) is 1. The smallest absolute Gasteiger partial charge is 0.196 e. The second-order valence-corrected chi connectivity index (χ2v) is 4.42. The molecule has 0 radical (unpaired) electrons. The standard InChI is InChI=1S/C13H17N3O/c1-2-4-12-11(3-1)15-13(17-12)5-8-16-9-6-14-7-10-16/h1-4,14H,5-10H2. The topological polar surface area (TPSA) is 41.3 Å². The average molecular weight is 231 g/mol. The van der Waals surface area contributed by atoms with E-state index in [1.165, 1.54) is 0 Å². The van der Waals surface area contributed by atoms with E-state index in [0.717, 1.165) is 56.1 Å². The van der Waals surface area contributed by atoms with Gasteiger partial charge in [0.05, 0.1) is 0 Å². The third kappa shape index (κ3) is 2.48. The van der Waals surface area contributed by atoms with Crippen LogP contribution in [-0.4, -0.2) is 42.6 Å². The summed E-state index contributed by atoms with van der Waals surface area (Å²) < 4.78 is 5.71. The van der Waals surface area contributed by atoms with E-state index in [1.54, 1.807) is 0 Å². The van der Waals surface area contributed by atoms with E-state index >= 15 is 0 Å². The maximum atomic E-state index is 5.71. The zero-order valence-electron chi connectivity index (χ0n) is 9.85. The fourth-order valence-corrected chi connectivity index (χ4v) is 2.22. The summed E-state index contributed by atoms with van der Waals surface area (Å²) in [5.74, 6) is 0.852. The van der Waals surface area contributed by atoms with Crippen molar-refractivity contribution in [2.24, 2.45) is 0 Å². The van der Waals surface area contributed by atoms with Crippen molar-refractivity contribution < 1.29 is 4.42 Å². The number of hydrogen-bond acceptors (Lipinski definition) is 4. The second-order valence-electron chi connectivity index (χ2n) is 4.42. The Balaban J connectivity index is 1.64. The van der Waals surface area contributed by atoms with E-state index in [2.05, 4.69) is 15.2 Å². The van der Waals surface area contributed by atoms with Gasteiger partial charge in [-0.2, -0.15) is 0 Å². The third-order valence-electron chi connectivity index (χ3n) is 3.19. The van der Waals surface area contributed by atoms with Gasteiger partial charge < -0.3 is 14.6 Å². The maximum Gasteiger partial charge on any atom is 0.196 e. The minimum Gasteiger partial charge on any atom is -0.441 e. The predicted molar refractivity (Wildman–Crippen MR) is 67.0 cm³/mol. The normalized spacial score (nSPS) is 17.6. The molecule has 0 amide bonds. The number of nitrogens with one attached hydrogen (secondary N) is 1. The van der Waals surface area contributed by atoms with Crippen LogP contribution in [0.2, 0.25) is 0 Å². The Kier molecular flexibility index (Phi) is 3.07. The molecule has 1 N–H and O–H groups in total. The highest BCUT2D eigenvalue weighted by atomic mass is 16.3. The number of nitrogens with zero attached hydrogens (tertiary/aromatic N) is 2. The van der Waals surface area contributed by atoms with Gasteiger partial charge in [0, 0.05) is 39.1 Å². The lowest BCUT2D eigenvalue weighted by molar-refractivity contribution is 0.238. The molecule has 2 heterocycles. The van der Waals surface area contributed by atoms with Crippen LogP contribution in [0.5, 0.6) is 0 Å². The molecule has 1 aliphatic heterocycles. The molecule has 3 rings (SSSR count). The lowest BCUT2D eigenvalue weighted by Crippen LogP contribution is -2.44. The molecule has 0 spiro atoms. The van der Waals surface area contributed by atoms with E-state index in [4.69, 9.17) is 4.42 Å². The minimum absolute atomic E-state index is 0.852. The highest BCUT2D eigenvalue weighted by Crippen LogP contribution is 2.15. The van der Waals surface area contributed by atoms with Gasteiger partial charge in [0.1, 0.15) is 5.52 Å². The minimum atomic E-state index is 0.852. The van der Waals surface area contributed by atoms with Gasteiger partial charge in [-0.1, -0.05) is 12.1 Å². The van der Waals surface area contributed by atoms with Crippen molar-refractivity contribution in [2.45, 2.75) is 6.42 Å². The van der Waals surface area contributed by atoms with Gasteiger partial charge in [-0.15, -0.1) is 0 Å². The molecular formula is C13H17N3O. The van der Waals surface area contributed by atoms with Gasteiger partial charge in [0.2, 0.25) is 0 Å². The van der Waals surface area contributed by atoms with Crippen LogP contribution in [0, 0.1) is 0 Å². The largest absolute Gasteiger partial charge is 0.441 e. The van der Waals surface area contributed by atoms with Gasteiger partial charge in [-0.05, 0) is 12.1 Å². The molecule has 0 atom stereocenters. The van der Waals surface area contributed by atoms with E-state index in [-0.39, 0.29) is 0 Å². The first-order valence-corrected chi connectivity index (χ1v) is 6.19. The lowest BCUT2D eigenvalue weighted by atomic mass is 10.3. The van der Waals surface area contributed by atoms with E-state index < -0.39 is 0 Å². The molecule has 1 aromatic heterocycles. The van der Waals surface area contributed by atoms with Crippen molar-refractivity contribution in [3.05, 3.63) is 30.2 Å². The Labute approximate surface area is 101 Å². The summed E-state index contributed by atoms with van der Waals surface area (Å²) in [6, 6.07) is 7.93. The summed E-state index contributed by atoms with van der Waals surface area (Å²) in [5.41, 5.74) is 1.85. The summed E-state index contributed by atoms with van der Waals surface area (Å²) in [7, 11) is 0. The van der Waals surface area contributed by atoms with Gasteiger partial charge in [0.25, 0.3) is 0 Å². The number of para-hydroxylation sites is 2. The first kappa shape index (κ1) is 10.7. The number of fused-ring (bicyclic) bond motifs is 1. The van der Waals surface area contributed by atoms with Crippen LogP contribution in [0.3, 0.4) is 0 Å². The van der Waals surface area contributed by atoms with Gasteiger partial charge in [-0.25, -0.2) is 4.98 Å². The van der Waals surface area contributed by atoms with Crippen molar-refractivity contribution in [1.82, 2.24) is 15.2 Å². The summed E-state index contributed by atoms with van der Waals surface area (Å²) in [5, 5.41) is 3.35. The van der Waals surface area contributed by atoms with Crippen LogP contribution in [0.4, 0.5) is 0 Å². The zero-order valence-corrected chi connectivity index (χ0v) is 9.85. The molecule has 2 aromatic rings. The molecule has 4 heteroatoms. The Morgan fingerprint density at radius 3 is 2.88 bits per heavy atom. The first-order chi connectivity index (χ1) is 8.42. The quantitative estimate of drug-likeness (QED) is 0.864. The fraction of sp³-hybridized carbons (Fsp3) is 0.462. The first-order valence-electron chi connectivity index (χ1n) is 6.19. The van der Waals surface area contributed by atoms with Crippen LogP contribution in [0.15, 0.2) is 28.7 Å². The summed E-state index contributed by atoms with van der Waals surface area (Å²) >= 11 is 0. The molecule has 0 saturated carbocycles. The second kappa shape index (κ2) is 4.85. The molecule has 0 unspecified atom stereocenters. The molecular weight excluding hydrogens is 214 g/mol. The van der Waals surface area contributed by atoms with Crippen LogP contribution >= 0.6 is 0 Å². The number of oxazole rings is 1. The Morgan fingerprint density at radius 1 is 1.24 bits per heavy atom. The van der Waals surface area contributed by atoms with Crippen molar-refractivity contribution >= 4 is 11.1 Å². The van der Waals surface area contributed by atoms with Crippen LogP contribution in [-0.2, 0) is 6.42 Å². The summed E-state index contributed by atoms with van der Waals surface area (Å²) in [4.78, 5) is 6.94. The highest BCUT2D eigenvalue weighted by molar-refractivity contribution is 5.72. The molecule has 0 aliphatic carbocycles. The number of benzene rings is 1. The van der Waals surface area contributed by atoms with E-state index in [1.807, 2.05) is 24.3 Å². The molecule has 1 fully saturated rings. The van der Waals surface area contributed by atoms with E-state index in [0.29, 0.717) is 0 Å². The summed E-state index contributed by atoms with van der Waals surface area (Å²) in [6.45, 7) is 5.47. The number of aromatic nitrogens is 1.